The zero-order chi connectivity index (χ0) is 20.2. The number of carbonyl (C=O) groups is 1. The van der Waals surface area contributed by atoms with Crippen molar-refractivity contribution in [1.29, 1.82) is 0 Å². The second kappa shape index (κ2) is 8.60. The molecule has 9 heteroatoms. The molecule has 0 saturated carbocycles. The summed E-state index contributed by atoms with van der Waals surface area (Å²) in [7, 11) is 3.77. The van der Waals surface area contributed by atoms with Crippen molar-refractivity contribution in [3.8, 4) is 5.75 Å². The lowest BCUT2D eigenvalue weighted by atomic mass is 10.0. The van der Waals surface area contributed by atoms with Gasteiger partial charge in [0.2, 0.25) is 11.9 Å². The van der Waals surface area contributed by atoms with Crippen molar-refractivity contribution in [3.05, 3.63) is 35.7 Å². The second-order valence-electron chi connectivity index (χ2n) is 7.32. The van der Waals surface area contributed by atoms with E-state index in [2.05, 4.69) is 25.2 Å². The number of fused-ring (bicyclic) bond motifs is 1. The molecule has 1 unspecified atom stereocenters. The first kappa shape index (κ1) is 19.4. The van der Waals surface area contributed by atoms with Gasteiger partial charge in [-0.1, -0.05) is 18.2 Å². The lowest BCUT2D eigenvalue weighted by Gasteiger charge is -2.27. The number of morpholine rings is 1. The molecule has 29 heavy (non-hydrogen) atoms. The van der Waals surface area contributed by atoms with Crippen molar-refractivity contribution in [2.24, 2.45) is 0 Å². The molecule has 154 valence electrons. The topological polar surface area (TPSA) is 92.7 Å². The lowest BCUT2D eigenvalue weighted by Crippen LogP contribution is -2.41. The molecule has 0 radical (unpaired) electrons. The maximum Gasteiger partial charge on any atom is 0.261 e. The van der Waals surface area contributed by atoms with E-state index in [-0.39, 0.29) is 12.5 Å². The number of hydrogen-bond donors (Lipinski definition) is 1. The summed E-state index contributed by atoms with van der Waals surface area (Å²) >= 11 is 0. The molecular weight excluding hydrogens is 372 g/mol. The van der Waals surface area contributed by atoms with Crippen molar-refractivity contribution < 1.29 is 14.3 Å². The number of aromatic nitrogens is 3. The first-order valence-corrected chi connectivity index (χ1v) is 9.87. The Labute approximate surface area is 170 Å². The van der Waals surface area contributed by atoms with Crippen LogP contribution in [0, 0.1) is 0 Å². The Morgan fingerprint density at radius 1 is 1.21 bits per heavy atom. The molecule has 2 aromatic rings. The number of rotatable bonds is 5. The predicted molar refractivity (Wildman–Crippen MR) is 108 cm³/mol. The highest BCUT2D eigenvalue weighted by molar-refractivity contribution is 5.81. The third-order valence-electron chi connectivity index (χ3n) is 4.98. The number of hydrogen-bond acceptors (Lipinski definition) is 8. The number of benzene rings is 1. The molecule has 1 aromatic heterocycles. The fraction of sp³-hybridized carbons (Fsp3) is 0.500. The molecule has 9 nitrogen and oxygen atoms in total. The van der Waals surface area contributed by atoms with Gasteiger partial charge in [-0.05, 0) is 24.5 Å². The molecule has 1 N–H and O–H groups in total. The van der Waals surface area contributed by atoms with E-state index in [0.717, 1.165) is 30.8 Å². The van der Waals surface area contributed by atoms with Crippen molar-refractivity contribution >= 4 is 17.8 Å². The van der Waals surface area contributed by atoms with Gasteiger partial charge in [-0.15, -0.1) is 0 Å². The highest BCUT2D eigenvalue weighted by Crippen LogP contribution is 2.27. The van der Waals surface area contributed by atoms with Crippen LogP contribution in [-0.4, -0.2) is 67.4 Å². The molecule has 1 amide bonds. The van der Waals surface area contributed by atoms with E-state index in [1.807, 2.05) is 43.3 Å². The van der Waals surface area contributed by atoms with E-state index < -0.39 is 6.10 Å². The van der Waals surface area contributed by atoms with Crippen molar-refractivity contribution in [1.82, 2.24) is 20.3 Å². The van der Waals surface area contributed by atoms with Gasteiger partial charge in [0.15, 0.2) is 11.9 Å². The number of amides is 1. The largest absolute Gasteiger partial charge is 0.480 e. The maximum absolute atomic E-state index is 12.6. The van der Waals surface area contributed by atoms with Crippen LogP contribution in [0.5, 0.6) is 5.75 Å². The molecule has 1 fully saturated rings. The van der Waals surface area contributed by atoms with E-state index in [1.54, 1.807) is 0 Å². The van der Waals surface area contributed by atoms with Crippen molar-refractivity contribution in [2.45, 2.75) is 25.5 Å². The Morgan fingerprint density at radius 3 is 2.79 bits per heavy atom. The number of aryl methyl sites for hydroxylation is 1. The third kappa shape index (κ3) is 4.56. The zero-order valence-corrected chi connectivity index (χ0v) is 16.8. The van der Waals surface area contributed by atoms with Gasteiger partial charge in [0, 0.05) is 27.2 Å². The van der Waals surface area contributed by atoms with Gasteiger partial charge in [0.05, 0.1) is 19.8 Å². The summed E-state index contributed by atoms with van der Waals surface area (Å²) in [6, 6.07) is 7.83. The SMILES string of the molecule is CN(C)c1nc(CNC(=O)C2CCc3ccccc3O2)nc(N2CCOCC2)n1. The van der Waals surface area contributed by atoms with Crippen LogP contribution in [0.15, 0.2) is 24.3 Å². The maximum atomic E-state index is 12.6. The van der Waals surface area contributed by atoms with Crippen LogP contribution >= 0.6 is 0 Å². The lowest BCUT2D eigenvalue weighted by molar-refractivity contribution is -0.128. The number of carbonyl (C=O) groups excluding carboxylic acids is 1. The summed E-state index contributed by atoms with van der Waals surface area (Å²) in [5.41, 5.74) is 1.14. The Bertz CT molecular complexity index is 869. The van der Waals surface area contributed by atoms with Gasteiger partial charge in [0.1, 0.15) is 5.75 Å². The van der Waals surface area contributed by atoms with Crippen LogP contribution in [0.2, 0.25) is 0 Å². The standard InChI is InChI=1S/C20H26N6O3/c1-25(2)19-22-17(23-20(24-19)26-9-11-28-12-10-26)13-21-18(27)16-8-7-14-5-3-4-6-15(14)29-16/h3-6,16H,7-13H2,1-2H3,(H,21,27). The summed E-state index contributed by atoms with van der Waals surface area (Å²) < 4.78 is 11.3. The van der Waals surface area contributed by atoms with Crippen molar-refractivity contribution in [2.75, 3.05) is 50.2 Å². The van der Waals surface area contributed by atoms with E-state index in [9.17, 15) is 4.79 Å². The minimum absolute atomic E-state index is 0.153. The minimum Gasteiger partial charge on any atom is -0.480 e. The molecule has 0 bridgehead atoms. The molecule has 1 saturated heterocycles. The van der Waals surface area contributed by atoms with Gasteiger partial charge in [-0.3, -0.25) is 4.79 Å². The van der Waals surface area contributed by atoms with Gasteiger partial charge in [-0.25, -0.2) is 0 Å². The predicted octanol–water partition coefficient (Wildman–Crippen LogP) is 0.784. The van der Waals surface area contributed by atoms with Crippen LogP contribution in [-0.2, 0) is 22.5 Å². The molecule has 0 spiro atoms. The van der Waals surface area contributed by atoms with Crippen LogP contribution in [0.25, 0.3) is 0 Å². The molecule has 1 atom stereocenters. The average Bonchev–Trinajstić information content (AvgIpc) is 2.77. The summed E-state index contributed by atoms with van der Waals surface area (Å²) in [4.78, 5) is 30.1. The normalized spacial score (nSPS) is 18.6. The number of nitrogens with one attached hydrogen (secondary N) is 1. The van der Waals surface area contributed by atoms with Crippen LogP contribution in [0.1, 0.15) is 17.8 Å². The Balaban J connectivity index is 1.43. The van der Waals surface area contributed by atoms with E-state index in [4.69, 9.17) is 9.47 Å². The molecule has 0 aliphatic carbocycles. The van der Waals surface area contributed by atoms with E-state index in [1.165, 1.54) is 0 Å². The quantitative estimate of drug-likeness (QED) is 0.790. The summed E-state index contributed by atoms with van der Waals surface area (Å²) in [6.45, 7) is 2.99. The fourth-order valence-corrected chi connectivity index (χ4v) is 3.37. The van der Waals surface area contributed by atoms with E-state index in [0.29, 0.717) is 37.4 Å². The number of para-hydroxylation sites is 1. The number of nitrogens with zero attached hydrogens (tertiary/aromatic N) is 5. The van der Waals surface area contributed by atoms with Gasteiger partial charge in [-0.2, -0.15) is 15.0 Å². The van der Waals surface area contributed by atoms with Crippen LogP contribution < -0.4 is 19.9 Å². The summed E-state index contributed by atoms with van der Waals surface area (Å²) in [5.74, 6) is 2.32. The monoisotopic (exact) mass is 398 g/mol. The Kier molecular flexibility index (Phi) is 5.75. The highest BCUT2D eigenvalue weighted by Gasteiger charge is 2.26. The smallest absolute Gasteiger partial charge is 0.261 e. The van der Waals surface area contributed by atoms with Gasteiger partial charge in [0.25, 0.3) is 5.91 Å². The Morgan fingerprint density at radius 2 is 2.00 bits per heavy atom. The van der Waals surface area contributed by atoms with E-state index >= 15 is 0 Å². The molecule has 2 aliphatic rings. The molecular formula is C20H26N6O3. The molecule has 4 rings (SSSR count). The zero-order valence-electron chi connectivity index (χ0n) is 16.8. The fourth-order valence-electron chi connectivity index (χ4n) is 3.37. The molecule has 2 aliphatic heterocycles. The van der Waals surface area contributed by atoms with Gasteiger partial charge >= 0.3 is 0 Å². The molecule has 3 heterocycles. The third-order valence-corrected chi connectivity index (χ3v) is 4.98. The Hall–Kier alpha value is -2.94. The first-order chi connectivity index (χ1) is 14.1. The van der Waals surface area contributed by atoms with Gasteiger partial charge < -0.3 is 24.6 Å². The summed E-state index contributed by atoms with van der Waals surface area (Å²) in [5, 5.41) is 2.92. The minimum atomic E-state index is -0.501. The highest BCUT2D eigenvalue weighted by atomic mass is 16.5. The summed E-state index contributed by atoms with van der Waals surface area (Å²) in [6.07, 6.45) is 0.979. The average molecular weight is 398 g/mol. The van der Waals surface area contributed by atoms with Crippen molar-refractivity contribution in [3.63, 3.8) is 0 Å². The number of anilines is 2. The first-order valence-electron chi connectivity index (χ1n) is 9.87. The second-order valence-corrected chi connectivity index (χ2v) is 7.32. The molecule has 1 aromatic carbocycles. The number of ether oxygens (including phenoxy) is 2. The van der Waals surface area contributed by atoms with Crippen LogP contribution in [0.4, 0.5) is 11.9 Å². The van der Waals surface area contributed by atoms with Crippen LogP contribution in [0.3, 0.4) is 0 Å².